The number of hydrogen-bond acceptors (Lipinski definition) is 5. The zero-order valence-corrected chi connectivity index (χ0v) is 8.16. The van der Waals surface area contributed by atoms with Gasteiger partial charge in [-0.2, -0.15) is 0 Å². The number of nitroso groups, excluding NO2 is 1. The van der Waals surface area contributed by atoms with Crippen LogP contribution in [0.5, 0.6) is 11.5 Å². The zero-order valence-electron chi connectivity index (χ0n) is 8.16. The first-order valence-electron chi connectivity index (χ1n) is 4.29. The molecule has 1 aromatic rings. The largest absolute Gasteiger partial charge is 0.504 e. The van der Waals surface area contributed by atoms with E-state index in [-0.39, 0.29) is 18.0 Å². The number of hydrogen-bond donors (Lipinski definition) is 3. The molecule has 6 nitrogen and oxygen atoms in total. The average molecular weight is 212 g/mol. The molecule has 0 aliphatic carbocycles. The lowest BCUT2D eigenvalue weighted by Crippen LogP contribution is -2.18. The Morgan fingerprint density at radius 1 is 1.40 bits per heavy atom. The molecule has 0 aliphatic rings. The average Bonchev–Trinajstić information content (AvgIpc) is 2.21. The maximum atomic E-state index is 10.1. The lowest BCUT2D eigenvalue weighted by atomic mass is 10.1. The van der Waals surface area contributed by atoms with Crippen LogP contribution in [-0.2, 0) is 0 Å². The summed E-state index contributed by atoms with van der Waals surface area (Å²) in [4.78, 5) is 10.1. The Labute approximate surface area is 86.3 Å². The van der Waals surface area contributed by atoms with Crippen LogP contribution in [0, 0.1) is 4.91 Å². The molecule has 82 valence electrons. The van der Waals surface area contributed by atoms with Crippen molar-refractivity contribution < 1.29 is 15.3 Å². The number of likely N-dealkylation sites (N-methyl/N-ethyl adjacent to an activating group) is 1. The van der Waals surface area contributed by atoms with Gasteiger partial charge in [-0.3, -0.25) is 5.01 Å². The molecule has 1 rings (SSSR count). The lowest BCUT2D eigenvalue weighted by Gasteiger charge is -2.15. The summed E-state index contributed by atoms with van der Waals surface area (Å²) in [5, 5.41) is 31.5. The molecule has 0 aliphatic heterocycles. The predicted molar refractivity (Wildman–Crippen MR) is 53.2 cm³/mol. The smallest absolute Gasteiger partial charge is 0.157 e. The predicted octanol–water partition coefficient (Wildman–Crippen LogP) is 0.744. The Balaban J connectivity index is 2.77. The monoisotopic (exact) mass is 212 g/mol. The summed E-state index contributed by atoms with van der Waals surface area (Å²) in [6.45, 7) is 0.0215. The summed E-state index contributed by atoms with van der Waals surface area (Å²) >= 11 is 0. The van der Waals surface area contributed by atoms with Gasteiger partial charge in [0.25, 0.3) is 0 Å². The van der Waals surface area contributed by atoms with Crippen molar-refractivity contribution in [2.45, 2.75) is 6.10 Å². The number of phenols is 2. The topological polar surface area (TPSA) is 93.4 Å². The van der Waals surface area contributed by atoms with Crippen molar-refractivity contribution in [2.24, 2.45) is 5.29 Å². The van der Waals surface area contributed by atoms with Gasteiger partial charge in [-0.1, -0.05) is 6.07 Å². The van der Waals surface area contributed by atoms with E-state index < -0.39 is 6.10 Å². The maximum absolute atomic E-state index is 10.1. The number of aliphatic hydroxyl groups excluding tert-OH is 1. The quantitative estimate of drug-likeness (QED) is 0.389. The van der Waals surface area contributed by atoms with Crippen LogP contribution < -0.4 is 0 Å². The van der Waals surface area contributed by atoms with Gasteiger partial charge in [-0.25, -0.2) is 0 Å². The second kappa shape index (κ2) is 4.61. The minimum absolute atomic E-state index is 0.0215. The Morgan fingerprint density at radius 2 is 2.07 bits per heavy atom. The fourth-order valence-corrected chi connectivity index (χ4v) is 1.14. The Hall–Kier alpha value is -1.82. The lowest BCUT2D eigenvalue weighted by molar-refractivity contribution is 0.127. The third-order valence-electron chi connectivity index (χ3n) is 1.96. The highest BCUT2D eigenvalue weighted by atomic mass is 16.3. The summed E-state index contributed by atoms with van der Waals surface area (Å²) in [7, 11) is 1.43. The number of phenolic OH excluding ortho intramolecular Hbond substituents is 2. The standard InChI is InChI=1S/C9H12N2O4/c1-11(10-15)5-9(14)6-2-3-7(12)8(13)4-6/h2-4,9,12-14H,5H2,1H3. The number of nitrogens with zero attached hydrogens (tertiary/aromatic N) is 2. The molecule has 3 N–H and O–H groups in total. The number of benzene rings is 1. The van der Waals surface area contributed by atoms with E-state index in [1.165, 1.54) is 25.2 Å². The van der Waals surface area contributed by atoms with E-state index in [1.807, 2.05) is 0 Å². The van der Waals surface area contributed by atoms with Crippen LogP contribution in [0.2, 0.25) is 0 Å². The van der Waals surface area contributed by atoms with E-state index in [9.17, 15) is 15.1 Å². The van der Waals surface area contributed by atoms with Crippen molar-refractivity contribution >= 4 is 0 Å². The first-order valence-corrected chi connectivity index (χ1v) is 4.29. The van der Waals surface area contributed by atoms with Crippen LogP contribution >= 0.6 is 0 Å². The normalized spacial score (nSPS) is 12.1. The van der Waals surface area contributed by atoms with Crippen LogP contribution in [0.4, 0.5) is 0 Å². The SMILES string of the molecule is CN(CC(O)c1ccc(O)c(O)c1)N=O. The van der Waals surface area contributed by atoms with Gasteiger partial charge in [0.05, 0.1) is 17.9 Å². The maximum Gasteiger partial charge on any atom is 0.157 e. The first-order chi connectivity index (χ1) is 7.04. The number of rotatable bonds is 4. The van der Waals surface area contributed by atoms with Crippen molar-refractivity contribution in [3.8, 4) is 11.5 Å². The molecule has 0 saturated carbocycles. The van der Waals surface area contributed by atoms with Crippen LogP contribution in [0.25, 0.3) is 0 Å². The Morgan fingerprint density at radius 3 is 2.60 bits per heavy atom. The van der Waals surface area contributed by atoms with Crippen molar-refractivity contribution in [1.29, 1.82) is 0 Å². The summed E-state index contributed by atoms with van der Waals surface area (Å²) in [5.74, 6) is -0.568. The summed E-state index contributed by atoms with van der Waals surface area (Å²) < 4.78 is 0. The molecule has 0 aromatic heterocycles. The molecule has 0 saturated heterocycles. The van der Waals surface area contributed by atoms with Crippen LogP contribution in [0.15, 0.2) is 23.5 Å². The van der Waals surface area contributed by atoms with Gasteiger partial charge in [0.1, 0.15) is 0 Å². The minimum atomic E-state index is -0.945. The van der Waals surface area contributed by atoms with E-state index in [0.717, 1.165) is 5.01 Å². The molecule has 0 fully saturated rings. The number of aliphatic hydroxyl groups is 1. The second-order valence-corrected chi connectivity index (χ2v) is 3.19. The molecular formula is C9H12N2O4. The van der Waals surface area contributed by atoms with E-state index >= 15 is 0 Å². The van der Waals surface area contributed by atoms with Crippen molar-refractivity contribution in [3.63, 3.8) is 0 Å². The summed E-state index contributed by atoms with van der Waals surface area (Å²) in [5.41, 5.74) is 0.404. The van der Waals surface area contributed by atoms with E-state index in [4.69, 9.17) is 5.11 Å². The van der Waals surface area contributed by atoms with Gasteiger partial charge in [0, 0.05) is 7.05 Å². The van der Waals surface area contributed by atoms with Gasteiger partial charge >= 0.3 is 0 Å². The molecule has 1 atom stereocenters. The van der Waals surface area contributed by atoms with E-state index in [1.54, 1.807) is 0 Å². The highest BCUT2D eigenvalue weighted by Crippen LogP contribution is 2.27. The van der Waals surface area contributed by atoms with Crippen LogP contribution in [0.1, 0.15) is 11.7 Å². The molecule has 6 heteroatoms. The molecule has 15 heavy (non-hydrogen) atoms. The third-order valence-corrected chi connectivity index (χ3v) is 1.96. The Bertz CT molecular complexity index is 356. The van der Waals surface area contributed by atoms with Crippen LogP contribution in [0.3, 0.4) is 0 Å². The van der Waals surface area contributed by atoms with Crippen molar-refractivity contribution in [2.75, 3.05) is 13.6 Å². The van der Waals surface area contributed by atoms with E-state index in [0.29, 0.717) is 5.56 Å². The van der Waals surface area contributed by atoms with Gasteiger partial charge in [0.2, 0.25) is 0 Å². The highest BCUT2D eigenvalue weighted by molar-refractivity contribution is 5.41. The minimum Gasteiger partial charge on any atom is -0.504 e. The zero-order chi connectivity index (χ0) is 11.4. The van der Waals surface area contributed by atoms with Crippen LogP contribution in [-0.4, -0.2) is 33.9 Å². The van der Waals surface area contributed by atoms with E-state index in [2.05, 4.69) is 5.29 Å². The van der Waals surface area contributed by atoms with Gasteiger partial charge in [-0.15, -0.1) is 4.91 Å². The number of aromatic hydroxyl groups is 2. The Kier molecular flexibility index (Phi) is 3.46. The van der Waals surface area contributed by atoms with Crippen molar-refractivity contribution in [3.05, 3.63) is 28.7 Å². The molecule has 1 aromatic carbocycles. The molecule has 0 bridgehead atoms. The fourth-order valence-electron chi connectivity index (χ4n) is 1.14. The molecule has 0 heterocycles. The molecular weight excluding hydrogens is 200 g/mol. The molecule has 0 spiro atoms. The van der Waals surface area contributed by atoms with Gasteiger partial charge in [-0.05, 0) is 17.7 Å². The highest BCUT2D eigenvalue weighted by Gasteiger charge is 2.12. The molecule has 0 amide bonds. The fraction of sp³-hybridized carbons (Fsp3) is 0.333. The second-order valence-electron chi connectivity index (χ2n) is 3.19. The van der Waals surface area contributed by atoms with Gasteiger partial charge in [0.15, 0.2) is 11.5 Å². The summed E-state index contributed by atoms with van der Waals surface area (Å²) in [6.07, 6.45) is -0.945. The summed E-state index contributed by atoms with van der Waals surface area (Å²) in [6, 6.07) is 3.96. The van der Waals surface area contributed by atoms with Gasteiger partial charge < -0.3 is 15.3 Å². The first kappa shape index (κ1) is 11.3. The molecule has 1 unspecified atom stereocenters. The van der Waals surface area contributed by atoms with Crippen molar-refractivity contribution in [1.82, 2.24) is 5.01 Å². The molecule has 0 radical (unpaired) electrons. The third kappa shape index (κ3) is 2.81.